The molecule has 3 aliphatic rings. The van der Waals surface area contributed by atoms with Crippen molar-refractivity contribution in [3.05, 3.63) is 36.3 Å². The third kappa shape index (κ3) is 5.28. The summed E-state index contributed by atoms with van der Waals surface area (Å²) in [6, 6.07) is 5.61. The number of alkyl halides is 4. The quantitative estimate of drug-likeness (QED) is 0.365. The lowest BCUT2D eigenvalue weighted by Crippen LogP contribution is -2.46. The number of piperidine rings is 1. The van der Waals surface area contributed by atoms with Crippen LogP contribution in [0.5, 0.6) is 0 Å². The number of likely N-dealkylation sites (tertiary alicyclic amines) is 1. The molecule has 1 N–H and O–H groups in total. The van der Waals surface area contributed by atoms with E-state index in [1.807, 2.05) is 24.4 Å². The highest BCUT2D eigenvalue weighted by Gasteiger charge is 2.41. The van der Waals surface area contributed by atoms with Crippen LogP contribution in [0.3, 0.4) is 0 Å². The van der Waals surface area contributed by atoms with Crippen LogP contribution in [0.4, 0.5) is 29.2 Å². The number of fused-ring (bicyclic) bond motifs is 2. The van der Waals surface area contributed by atoms with E-state index in [2.05, 4.69) is 20.4 Å². The molecule has 0 spiro atoms. The molecular weight excluding hydrogens is 538 g/mol. The first-order valence-corrected chi connectivity index (χ1v) is 14.2. The topological polar surface area (TPSA) is 87.8 Å². The molecule has 1 atom stereocenters. The molecule has 8 nitrogen and oxygen atoms in total. The predicted octanol–water partition coefficient (Wildman–Crippen LogP) is 6.04. The van der Waals surface area contributed by atoms with Crippen molar-refractivity contribution in [2.75, 3.05) is 18.4 Å². The number of aliphatic imine (C=N–C) groups is 1. The Labute approximate surface area is 235 Å². The molecule has 41 heavy (non-hydrogen) atoms. The first kappa shape index (κ1) is 27.6. The molecule has 0 aromatic carbocycles. The maximum atomic E-state index is 13.5. The minimum Gasteiger partial charge on any atom is -0.350 e. The summed E-state index contributed by atoms with van der Waals surface area (Å²) in [5, 5.41) is 7.96. The van der Waals surface area contributed by atoms with Gasteiger partial charge >= 0.3 is 0 Å². The number of pyridine rings is 1. The maximum Gasteiger partial charge on any atom is 0.248 e. The summed E-state index contributed by atoms with van der Waals surface area (Å²) in [5.41, 5.74) is 3.04. The summed E-state index contributed by atoms with van der Waals surface area (Å²) in [4.78, 5) is 28.4. The monoisotopic (exact) mass is 571 g/mol. The van der Waals surface area contributed by atoms with Gasteiger partial charge in [-0.05, 0) is 57.7 Å². The van der Waals surface area contributed by atoms with E-state index in [4.69, 9.17) is 4.98 Å². The highest BCUT2D eigenvalue weighted by atomic mass is 19.3. The van der Waals surface area contributed by atoms with Crippen molar-refractivity contribution in [1.82, 2.24) is 24.5 Å². The summed E-state index contributed by atoms with van der Waals surface area (Å²) >= 11 is 0. The van der Waals surface area contributed by atoms with Crippen molar-refractivity contribution >= 4 is 28.8 Å². The van der Waals surface area contributed by atoms with Crippen LogP contribution in [-0.2, 0) is 10.2 Å². The van der Waals surface area contributed by atoms with Gasteiger partial charge in [-0.3, -0.25) is 9.79 Å². The summed E-state index contributed by atoms with van der Waals surface area (Å²) < 4.78 is 55.4. The number of nitrogens with one attached hydrogen (secondary N) is 1. The molecule has 5 heterocycles. The van der Waals surface area contributed by atoms with Gasteiger partial charge in [-0.1, -0.05) is 0 Å². The van der Waals surface area contributed by atoms with E-state index in [1.165, 1.54) is 0 Å². The Kier molecular flexibility index (Phi) is 6.97. The lowest BCUT2D eigenvalue weighted by atomic mass is 9.80. The Bertz CT molecular complexity index is 1490. The molecule has 2 fully saturated rings. The number of hydrogen-bond donors (Lipinski definition) is 1. The molecule has 1 unspecified atom stereocenters. The highest BCUT2D eigenvalue weighted by molar-refractivity contribution is 5.99. The van der Waals surface area contributed by atoms with Crippen LogP contribution < -0.4 is 5.32 Å². The van der Waals surface area contributed by atoms with Gasteiger partial charge in [-0.15, -0.1) is 5.10 Å². The van der Waals surface area contributed by atoms with Crippen molar-refractivity contribution < 1.29 is 22.4 Å². The predicted molar refractivity (Wildman–Crippen MR) is 147 cm³/mol. The molecule has 3 aromatic heterocycles. The van der Waals surface area contributed by atoms with Gasteiger partial charge in [0.2, 0.25) is 24.2 Å². The zero-order valence-corrected chi connectivity index (χ0v) is 23.1. The number of carbonyl (C=O) groups excluding carboxylic acids is 1. The van der Waals surface area contributed by atoms with Crippen molar-refractivity contribution in [1.29, 1.82) is 0 Å². The lowest BCUT2D eigenvalue weighted by Gasteiger charge is -2.36. The molecule has 1 saturated carbocycles. The smallest absolute Gasteiger partial charge is 0.248 e. The third-order valence-electron chi connectivity index (χ3n) is 8.94. The Morgan fingerprint density at radius 3 is 2.56 bits per heavy atom. The number of hydrogen-bond acceptors (Lipinski definition) is 6. The van der Waals surface area contributed by atoms with Gasteiger partial charge in [-0.2, -0.15) is 0 Å². The highest BCUT2D eigenvalue weighted by Crippen LogP contribution is 2.44. The number of carbonyl (C=O) groups is 1. The fourth-order valence-electron chi connectivity index (χ4n) is 6.28. The van der Waals surface area contributed by atoms with Gasteiger partial charge in [0.15, 0.2) is 0 Å². The van der Waals surface area contributed by atoms with Gasteiger partial charge in [0, 0.05) is 61.8 Å². The zero-order chi connectivity index (χ0) is 28.9. The SMILES string of the molecule is CC1=Nc2ccc(-c3ccn4nc(NC5CCN(C(=O)C6CCC(F)(F)CC6)CC5)ncc34)nc2C1(C)CC(F)F. The molecule has 1 amide bonds. The van der Waals surface area contributed by atoms with Gasteiger partial charge < -0.3 is 10.2 Å². The lowest BCUT2D eigenvalue weighted by molar-refractivity contribution is -0.140. The summed E-state index contributed by atoms with van der Waals surface area (Å²) in [7, 11) is 0. The first-order valence-electron chi connectivity index (χ1n) is 14.2. The van der Waals surface area contributed by atoms with Crippen molar-refractivity contribution in [3.63, 3.8) is 0 Å². The van der Waals surface area contributed by atoms with Crippen LogP contribution in [0.25, 0.3) is 16.8 Å². The van der Waals surface area contributed by atoms with Crippen molar-refractivity contribution in [2.24, 2.45) is 10.9 Å². The van der Waals surface area contributed by atoms with Crippen LogP contribution in [0.1, 0.15) is 64.5 Å². The normalized spacial score (nSPS) is 23.2. The summed E-state index contributed by atoms with van der Waals surface area (Å²) in [6.07, 6.45) is 2.20. The third-order valence-corrected chi connectivity index (χ3v) is 8.94. The summed E-state index contributed by atoms with van der Waals surface area (Å²) in [6.45, 7) is 4.66. The largest absolute Gasteiger partial charge is 0.350 e. The van der Waals surface area contributed by atoms with Gasteiger partial charge in [0.1, 0.15) is 0 Å². The maximum absolute atomic E-state index is 13.5. The second kappa shape index (κ2) is 10.4. The number of aromatic nitrogens is 4. The van der Waals surface area contributed by atoms with E-state index in [0.717, 1.165) is 11.1 Å². The molecular formula is C29H33F4N7O. The van der Waals surface area contributed by atoms with Gasteiger partial charge in [0.25, 0.3) is 0 Å². The molecule has 2 aliphatic heterocycles. The molecule has 6 rings (SSSR count). The van der Waals surface area contributed by atoms with Crippen LogP contribution in [0, 0.1) is 5.92 Å². The standard InChI is InChI=1S/C29H33F4N7O/c1-17-28(2,15-24(30)31)25-22(35-17)4-3-21(37-25)20-9-14-40-23(20)16-34-27(38-40)36-19-7-12-39(13-8-19)26(41)18-5-10-29(32,33)11-6-18/h3-4,9,14,16,18-19,24H,5-8,10-13,15H2,1-2H3,(H,36,38). The molecule has 218 valence electrons. The number of halogens is 4. The first-order chi connectivity index (χ1) is 19.5. The zero-order valence-electron chi connectivity index (χ0n) is 23.1. The van der Waals surface area contributed by atoms with Crippen LogP contribution >= 0.6 is 0 Å². The van der Waals surface area contributed by atoms with Crippen LogP contribution in [-0.4, -0.2) is 67.6 Å². The number of amides is 1. The van der Waals surface area contributed by atoms with Crippen LogP contribution in [0.15, 0.2) is 35.6 Å². The number of rotatable bonds is 6. The number of anilines is 1. The molecule has 12 heteroatoms. The van der Waals surface area contributed by atoms with Gasteiger partial charge in [0.05, 0.1) is 34.2 Å². The van der Waals surface area contributed by atoms with E-state index in [0.29, 0.717) is 54.7 Å². The molecule has 0 bridgehead atoms. The average Bonchev–Trinajstić information content (AvgIpc) is 3.46. The fourth-order valence-corrected chi connectivity index (χ4v) is 6.28. The van der Waals surface area contributed by atoms with E-state index in [9.17, 15) is 22.4 Å². The Balaban J connectivity index is 1.11. The Morgan fingerprint density at radius 1 is 1.12 bits per heavy atom. The van der Waals surface area contributed by atoms with E-state index < -0.39 is 17.8 Å². The van der Waals surface area contributed by atoms with E-state index in [-0.39, 0.29) is 50.0 Å². The minimum atomic E-state index is -2.64. The molecule has 1 saturated heterocycles. The van der Waals surface area contributed by atoms with Gasteiger partial charge in [-0.25, -0.2) is 32.0 Å². The van der Waals surface area contributed by atoms with Crippen molar-refractivity contribution in [2.45, 2.75) is 82.6 Å². The summed E-state index contributed by atoms with van der Waals surface area (Å²) in [5.74, 6) is -2.50. The van der Waals surface area contributed by atoms with Crippen LogP contribution in [0.2, 0.25) is 0 Å². The second-order valence-electron chi connectivity index (χ2n) is 11.7. The van der Waals surface area contributed by atoms with E-state index >= 15 is 0 Å². The van der Waals surface area contributed by atoms with Crippen molar-refractivity contribution in [3.8, 4) is 11.3 Å². The molecule has 0 radical (unpaired) electrons. The molecule has 1 aliphatic carbocycles. The van der Waals surface area contributed by atoms with E-state index in [1.54, 1.807) is 29.5 Å². The average molecular weight is 572 g/mol. The number of nitrogens with zero attached hydrogens (tertiary/aromatic N) is 6. The minimum absolute atomic E-state index is 0.00658. The Morgan fingerprint density at radius 2 is 1.85 bits per heavy atom. The molecule has 3 aromatic rings. The fraction of sp³-hybridized carbons (Fsp3) is 0.552. The second-order valence-corrected chi connectivity index (χ2v) is 11.7. The Hall–Kier alpha value is -3.57.